The fourth-order valence-electron chi connectivity index (χ4n) is 1.20. The van der Waals surface area contributed by atoms with Crippen molar-refractivity contribution in [2.45, 2.75) is 39.0 Å². The molecule has 0 spiro atoms. The maximum atomic E-state index is 12.4. The monoisotopic (exact) mass is 218 g/mol. The van der Waals surface area contributed by atoms with Gasteiger partial charge in [0.2, 0.25) is 6.43 Å². The Balaban J connectivity index is 2.28. The average molecular weight is 218 g/mol. The van der Waals surface area contributed by atoms with Crippen LogP contribution in [0.15, 0.2) is 12.2 Å². The highest BCUT2D eigenvalue weighted by Gasteiger charge is 2.48. The second-order valence-corrected chi connectivity index (χ2v) is 3.89. The van der Waals surface area contributed by atoms with Gasteiger partial charge in [-0.1, -0.05) is 19.4 Å². The summed E-state index contributed by atoms with van der Waals surface area (Å²) in [7, 11) is 0. The molecular weight excluding hydrogens is 202 g/mol. The summed E-state index contributed by atoms with van der Waals surface area (Å²) in [6, 6.07) is 0. The van der Waals surface area contributed by atoms with Crippen molar-refractivity contribution in [3.05, 3.63) is 12.2 Å². The number of rotatable bonds is 6. The Hall–Kier alpha value is -0.930. The van der Waals surface area contributed by atoms with Crippen molar-refractivity contribution >= 4 is 5.97 Å². The molecule has 4 heteroatoms. The summed E-state index contributed by atoms with van der Waals surface area (Å²) in [5, 5.41) is 0. The van der Waals surface area contributed by atoms with E-state index < -0.39 is 17.8 Å². The Morgan fingerprint density at radius 2 is 2.20 bits per heavy atom. The molecule has 0 saturated heterocycles. The molecule has 0 heterocycles. The van der Waals surface area contributed by atoms with E-state index in [1.54, 1.807) is 0 Å². The SMILES string of the molecule is CCCCOC(=O)/C=C/C1(C(F)F)CC1. The minimum atomic E-state index is -2.38. The van der Waals surface area contributed by atoms with Crippen LogP contribution >= 0.6 is 0 Å². The number of esters is 1. The van der Waals surface area contributed by atoms with Crippen molar-refractivity contribution in [2.24, 2.45) is 5.41 Å². The van der Waals surface area contributed by atoms with Gasteiger partial charge in [-0.3, -0.25) is 0 Å². The first-order valence-electron chi connectivity index (χ1n) is 5.25. The van der Waals surface area contributed by atoms with Gasteiger partial charge in [0.05, 0.1) is 6.61 Å². The van der Waals surface area contributed by atoms with Crippen LogP contribution in [0.1, 0.15) is 32.6 Å². The molecule has 0 radical (unpaired) electrons. The van der Waals surface area contributed by atoms with Crippen molar-refractivity contribution in [2.75, 3.05) is 6.61 Å². The molecule has 0 aliphatic heterocycles. The van der Waals surface area contributed by atoms with E-state index in [9.17, 15) is 13.6 Å². The molecule has 2 nitrogen and oxygen atoms in total. The van der Waals surface area contributed by atoms with Crippen LogP contribution in [0.25, 0.3) is 0 Å². The third kappa shape index (κ3) is 3.61. The van der Waals surface area contributed by atoms with Gasteiger partial charge >= 0.3 is 5.97 Å². The molecule has 86 valence electrons. The standard InChI is InChI=1S/C11H16F2O2/c1-2-3-8-15-9(14)4-5-11(6-7-11)10(12)13/h4-5,10H,2-3,6-8H2,1H3/b5-4+. The van der Waals surface area contributed by atoms with Crippen LogP contribution in [-0.2, 0) is 9.53 Å². The summed E-state index contributed by atoms with van der Waals surface area (Å²) in [4.78, 5) is 11.1. The fourth-order valence-corrected chi connectivity index (χ4v) is 1.20. The summed E-state index contributed by atoms with van der Waals surface area (Å²) >= 11 is 0. The van der Waals surface area contributed by atoms with Crippen LogP contribution in [0.5, 0.6) is 0 Å². The van der Waals surface area contributed by atoms with E-state index in [0.29, 0.717) is 19.4 Å². The average Bonchev–Trinajstić information content (AvgIpc) is 2.96. The number of unbranched alkanes of at least 4 members (excludes halogenated alkanes) is 1. The van der Waals surface area contributed by atoms with Crippen LogP contribution < -0.4 is 0 Å². The van der Waals surface area contributed by atoms with E-state index in [2.05, 4.69) is 0 Å². The zero-order valence-electron chi connectivity index (χ0n) is 8.84. The highest BCUT2D eigenvalue weighted by molar-refractivity contribution is 5.82. The molecule has 0 bridgehead atoms. The lowest BCUT2D eigenvalue weighted by Gasteiger charge is -2.06. The molecule has 0 N–H and O–H groups in total. The Morgan fingerprint density at radius 1 is 1.53 bits per heavy atom. The topological polar surface area (TPSA) is 26.3 Å². The Labute approximate surface area is 88.3 Å². The minimum absolute atomic E-state index is 0.362. The molecule has 1 saturated carbocycles. The van der Waals surface area contributed by atoms with Crippen LogP contribution in [0.4, 0.5) is 8.78 Å². The van der Waals surface area contributed by atoms with Gasteiger partial charge in [-0.2, -0.15) is 0 Å². The van der Waals surface area contributed by atoms with Crippen LogP contribution in [-0.4, -0.2) is 19.0 Å². The maximum Gasteiger partial charge on any atom is 0.330 e. The predicted octanol–water partition coefficient (Wildman–Crippen LogP) is 2.93. The van der Waals surface area contributed by atoms with E-state index in [1.807, 2.05) is 6.92 Å². The number of hydrogen-bond acceptors (Lipinski definition) is 2. The molecule has 1 rings (SSSR count). The molecular formula is C11H16F2O2. The van der Waals surface area contributed by atoms with Gasteiger partial charge in [0, 0.05) is 11.5 Å². The van der Waals surface area contributed by atoms with Gasteiger partial charge in [-0.15, -0.1) is 0 Å². The molecule has 0 unspecified atom stereocenters. The first-order chi connectivity index (χ1) is 7.10. The molecule has 0 atom stereocenters. The fraction of sp³-hybridized carbons (Fsp3) is 0.727. The lowest BCUT2D eigenvalue weighted by molar-refractivity contribution is -0.137. The number of carbonyl (C=O) groups excluding carboxylic acids is 1. The Morgan fingerprint density at radius 3 is 2.67 bits per heavy atom. The van der Waals surface area contributed by atoms with Crippen molar-refractivity contribution in [3.63, 3.8) is 0 Å². The number of alkyl halides is 2. The predicted molar refractivity (Wildman–Crippen MR) is 52.7 cm³/mol. The summed E-state index contributed by atoms with van der Waals surface area (Å²) < 4.78 is 29.7. The van der Waals surface area contributed by atoms with Crippen molar-refractivity contribution in [1.82, 2.24) is 0 Å². The highest BCUT2D eigenvalue weighted by atomic mass is 19.3. The van der Waals surface area contributed by atoms with E-state index in [4.69, 9.17) is 4.74 Å². The summed E-state index contributed by atoms with van der Waals surface area (Å²) in [5.74, 6) is -0.518. The van der Waals surface area contributed by atoms with E-state index in [-0.39, 0.29) is 0 Å². The molecule has 0 aromatic rings. The first kappa shape index (κ1) is 12.1. The number of carbonyl (C=O) groups is 1. The second kappa shape index (κ2) is 5.24. The number of halogens is 2. The van der Waals surface area contributed by atoms with E-state index >= 15 is 0 Å². The summed E-state index contributed by atoms with van der Waals surface area (Å²) in [6.07, 6.45) is 2.72. The zero-order chi connectivity index (χ0) is 11.3. The van der Waals surface area contributed by atoms with Gasteiger partial charge in [0.1, 0.15) is 0 Å². The van der Waals surface area contributed by atoms with Crippen molar-refractivity contribution in [1.29, 1.82) is 0 Å². The lowest BCUT2D eigenvalue weighted by atomic mass is 10.1. The first-order valence-corrected chi connectivity index (χ1v) is 5.25. The van der Waals surface area contributed by atoms with E-state index in [1.165, 1.54) is 6.08 Å². The van der Waals surface area contributed by atoms with Crippen molar-refractivity contribution in [3.8, 4) is 0 Å². The Kier molecular flexibility index (Phi) is 4.24. The largest absolute Gasteiger partial charge is 0.463 e. The smallest absolute Gasteiger partial charge is 0.330 e. The third-order valence-electron chi connectivity index (χ3n) is 2.56. The zero-order valence-corrected chi connectivity index (χ0v) is 8.84. The number of allylic oxidation sites excluding steroid dienone is 1. The summed E-state index contributed by atoms with van der Waals surface area (Å²) in [5.41, 5.74) is -1.04. The number of hydrogen-bond donors (Lipinski definition) is 0. The molecule has 1 fully saturated rings. The maximum absolute atomic E-state index is 12.4. The molecule has 1 aliphatic carbocycles. The van der Waals surface area contributed by atoms with Gasteiger partial charge in [-0.05, 0) is 19.3 Å². The van der Waals surface area contributed by atoms with Gasteiger partial charge in [-0.25, -0.2) is 13.6 Å². The molecule has 15 heavy (non-hydrogen) atoms. The summed E-state index contributed by atoms with van der Waals surface area (Å²) in [6.45, 7) is 2.35. The molecule has 1 aliphatic rings. The highest BCUT2D eigenvalue weighted by Crippen LogP contribution is 2.51. The third-order valence-corrected chi connectivity index (χ3v) is 2.56. The lowest BCUT2D eigenvalue weighted by Crippen LogP contribution is -2.10. The van der Waals surface area contributed by atoms with Crippen LogP contribution in [0.2, 0.25) is 0 Å². The number of ether oxygens (including phenoxy) is 1. The van der Waals surface area contributed by atoms with Crippen molar-refractivity contribution < 1.29 is 18.3 Å². The second-order valence-electron chi connectivity index (χ2n) is 3.89. The van der Waals surface area contributed by atoms with Gasteiger partial charge in [0.15, 0.2) is 0 Å². The normalized spacial score (nSPS) is 18.4. The molecule has 0 amide bonds. The van der Waals surface area contributed by atoms with Gasteiger partial charge < -0.3 is 4.74 Å². The Bertz CT molecular complexity index is 245. The molecule has 0 aromatic carbocycles. The minimum Gasteiger partial charge on any atom is -0.463 e. The molecule has 0 aromatic heterocycles. The van der Waals surface area contributed by atoms with Gasteiger partial charge in [0.25, 0.3) is 0 Å². The van der Waals surface area contributed by atoms with Crippen LogP contribution in [0, 0.1) is 5.41 Å². The van der Waals surface area contributed by atoms with E-state index in [0.717, 1.165) is 18.9 Å². The van der Waals surface area contributed by atoms with Crippen LogP contribution in [0.3, 0.4) is 0 Å². The quantitative estimate of drug-likeness (QED) is 0.389.